The van der Waals surface area contributed by atoms with Gasteiger partial charge in [-0.15, -0.1) is 5.10 Å². The van der Waals surface area contributed by atoms with Crippen molar-refractivity contribution in [3.63, 3.8) is 0 Å². The Morgan fingerprint density at radius 3 is 1.71 bits per heavy atom. The fourth-order valence-electron chi connectivity index (χ4n) is 2.00. The maximum atomic E-state index is 5.80. The van der Waals surface area contributed by atoms with Gasteiger partial charge in [0, 0.05) is 0 Å². The quantitative estimate of drug-likeness (QED) is 0.515. The van der Waals surface area contributed by atoms with Gasteiger partial charge in [0.2, 0.25) is 5.96 Å². The van der Waals surface area contributed by atoms with Crippen molar-refractivity contribution in [2.24, 2.45) is 21.0 Å². The van der Waals surface area contributed by atoms with E-state index in [2.05, 4.69) is 20.7 Å². The summed E-state index contributed by atoms with van der Waals surface area (Å²) < 4.78 is 0. The van der Waals surface area contributed by atoms with E-state index >= 15 is 0 Å². The summed E-state index contributed by atoms with van der Waals surface area (Å²) in [5.74, 6) is 0.146. The molecule has 0 atom stereocenters. The van der Waals surface area contributed by atoms with E-state index in [1.165, 1.54) is 11.1 Å². The third kappa shape index (κ3) is 5.05. The molecule has 0 heterocycles. The first-order chi connectivity index (χ1) is 11.5. The number of benzene rings is 2. The molecule has 0 aliphatic rings. The Hall–Kier alpha value is -2.95. The number of nitrogens with two attached hydrogens (primary N) is 1. The van der Waals surface area contributed by atoms with Crippen molar-refractivity contribution < 1.29 is 0 Å². The molecule has 0 saturated heterocycles. The first-order valence-electron chi connectivity index (χ1n) is 7.78. The number of hydrogen-bond donors (Lipinski definition) is 2. The predicted molar refractivity (Wildman–Crippen MR) is 102 cm³/mol. The molecule has 0 aromatic heterocycles. The molecule has 2 aromatic rings. The van der Waals surface area contributed by atoms with E-state index in [1.807, 2.05) is 76.2 Å². The van der Waals surface area contributed by atoms with Crippen molar-refractivity contribution >= 4 is 17.4 Å². The maximum Gasteiger partial charge on any atom is 0.234 e. The molecule has 0 unspecified atom stereocenters. The minimum Gasteiger partial charge on any atom is -0.367 e. The van der Waals surface area contributed by atoms with Gasteiger partial charge in [0.15, 0.2) is 0 Å². The van der Waals surface area contributed by atoms with E-state index in [-0.39, 0.29) is 5.96 Å². The highest BCUT2D eigenvalue weighted by Crippen LogP contribution is 2.05. The fourth-order valence-corrected chi connectivity index (χ4v) is 2.00. The molecule has 0 saturated carbocycles. The van der Waals surface area contributed by atoms with Crippen molar-refractivity contribution in [3.05, 3.63) is 70.8 Å². The summed E-state index contributed by atoms with van der Waals surface area (Å²) in [6.07, 6.45) is 0. The summed E-state index contributed by atoms with van der Waals surface area (Å²) in [6.45, 7) is 7.90. The average Bonchev–Trinajstić information content (AvgIpc) is 2.58. The van der Waals surface area contributed by atoms with E-state index < -0.39 is 0 Å². The Bertz CT molecular complexity index is 768. The molecule has 24 heavy (non-hydrogen) atoms. The monoisotopic (exact) mass is 321 g/mol. The van der Waals surface area contributed by atoms with E-state index in [4.69, 9.17) is 5.73 Å². The smallest absolute Gasteiger partial charge is 0.234 e. The van der Waals surface area contributed by atoms with E-state index in [0.717, 1.165) is 22.6 Å². The normalized spacial score (nSPS) is 13.1. The van der Waals surface area contributed by atoms with Crippen LogP contribution in [0.1, 0.15) is 36.1 Å². The zero-order valence-electron chi connectivity index (χ0n) is 14.5. The molecule has 0 amide bonds. The topological polar surface area (TPSA) is 75.1 Å². The minimum absolute atomic E-state index is 0.146. The van der Waals surface area contributed by atoms with Gasteiger partial charge in [0.25, 0.3) is 0 Å². The summed E-state index contributed by atoms with van der Waals surface area (Å²) in [5.41, 5.74) is 14.6. The largest absolute Gasteiger partial charge is 0.367 e. The second-order valence-electron chi connectivity index (χ2n) is 5.71. The lowest BCUT2D eigenvalue weighted by atomic mass is 10.1. The number of guanidine groups is 1. The van der Waals surface area contributed by atoms with Gasteiger partial charge < -0.3 is 5.73 Å². The molecule has 0 spiro atoms. The van der Waals surface area contributed by atoms with Crippen molar-refractivity contribution in [1.82, 2.24) is 5.43 Å². The number of rotatable bonds is 4. The number of nitrogens with zero attached hydrogens (tertiary/aromatic N) is 3. The van der Waals surface area contributed by atoms with Gasteiger partial charge in [-0.05, 0) is 38.8 Å². The van der Waals surface area contributed by atoms with Crippen LogP contribution in [-0.2, 0) is 0 Å². The summed E-state index contributed by atoms with van der Waals surface area (Å²) in [5, 5.41) is 12.3. The van der Waals surface area contributed by atoms with Gasteiger partial charge in [-0.1, -0.05) is 59.7 Å². The van der Waals surface area contributed by atoms with Crippen molar-refractivity contribution in [2.75, 3.05) is 0 Å². The Labute approximate surface area is 143 Å². The second-order valence-corrected chi connectivity index (χ2v) is 5.71. The molecule has 0 aliphatic carbocycles. The molecule has 0 radical (unpaired) electrons. The predicted octanol–water partition coefficient (Wildman–Crippen LogP) is 3.36. The Morgan fingerprint density at radius 2 is 1.21 bits per heavy atom. The Kier molecular flexibility index (Phi) is 5.84. The third-order valence-electron chi connectivity index (χ3n) is 3.58. The molecule has 0 aliphatic heterocycles. The highest BCUT2D eigenvalue weighted by molar-refractivity contribution is 6.00. The van der Waals surface area contributed by atoms with Crippen molar-refractivity contribution in [1.29, 1.82) is 0 Å². The van der Waals surface area contributed by atoms with Crippen LogP contribution in [0.5, 0.6) is 0 Å². The molecule has 5 heteroatoms. The molecule has 5 nitrogen and oxygen atoms in total. The molecule has 2 aromatic carbocycles. The first kappa shape index (κ1) is 17.4. The highest BCUT2D eigenvalue weighted by atomic mass is 15.4. The van der Waals surface area contributed by atoms with E-state index in [9.17, 15) is 0 Å². The SMILES string of the molecule is CC(=NN=C(N)NN=C(C)c1ccc(C)cc1)c1ccc(C)cc1. The summed E-state index contributed by atoms with van der Waals surface area (Å²) in [7, 11) is 0. The van der Waals surface area contributed by atoms with Gasteiger partial charge in [0.05, 0.1) is 11.4 Å². The van der Waals surface area contributed by atoms with Crippen LogP contribution in [0.15, 0.2) is 63.8 Å². The van der Waals surface area contributed by atoms with Crippen LogP contribution < -0.4 is 11.2 Å². The van der Waals surface area contributed by atoms with Crippen molar-refractivity contribution in [3.8, 4) is 0 Å². The minimum atomic E-state index is 0.146. The lowest BCUT2D eigenvalue weighted by Gasteiger charge is -2.03. The zero-order valence-corrected chi connectivity index (χ0v) is 14.5. The number of hydrogen-bond acceptors (Lipinski definition) is 3. The fraction of sp³-hybridized carbons (Fsp3) is 0.211. The lowest BCUT2D eigenvalue weighted by Crippen LogP contribution is -2.27. The first-order valence-corrected chi connectivity index (χ1v) is 7.78. The Morgan fingerprint density at radius 1 is 0.750 bits per heavy atom. The molecule has 0 bridgehead atoms. The van der Waals surface area contributed by atoms with Gasteiger partial charge >= 0.3 is 0 Å². The number of hydrazone groups is 1. The van der Waals surface area contributed by atoms with Gasteiger partial charge in [-0.25, -0.2) is 5.43 Å². The summed E-state index contributed by atoms with van der Waals surface area (Å²) in [4.78, 5) is 0. The Balaban J connectivity index is 2.02. The zero-order chi connectivity index (χ0) is 17.5. The molecular formula is C19H23N5. The van der Waals surface area contributed by atoms with Crippen LogP contribution in [0, 0.1) is 13.8 Å². The average molecular weight is 321 g/mol. The standard InChI is InChI=1S/C19H23N5/c1-13-5-9-17(10-6-13)15(3)21-23-19(20)24-22-16(4)18-11-7-14(2)8-12-18/h5-12H,1-4H3,(H3,20,23,24). The van der Waals surface area contributed by atoms with Crippen LogP contribution in [-0.4, -0.2) is 17.4 Å². The van der Waals surface area contributed by atoms with Gasteiger partial charge in [-0.2, -0.15) is 10.2 Å². The van der Waals surface area contributed by atoms with Gasteiger partial charge in [0.1, 0.15) is 0 Å². The molecular weight excluding hydrogens is 298 g/mol. The van der Waals surface area contributed by atoms with Crippen LogP contribution in [0.2, 0.25) is 0 Å². The maximum absolute atomic E-state index is 5.80. The van der Waals surface area contributed by atoms with Crippen LogP contribution >= 0.6 is 0 Å². The van der Waals surface area contributed by atoms with Gasteiger partial charge in [-0.3, -0.25) is 0 Å². The van der Waals surface area contributed by atoms with Crippen LogP contribution in [0.3, 0.4) is 0 Å². The van der Waals surface area contributed by atoms with Crippen molar-refractivity contribution in [2.45, 2.75) is 27.7 Å². The van der Waals surface area contributed by atoms with Crippen LogP contribution in [0.25, 0.3) is 0 Å². The molecule has 0 fully saturated rings. The summed E-state index contributed by atoms with van der Waals surface area (Å²) >= 11 is 0. The lowest BCUT2D eigenvalue weighted by molar-refractivity contribution is 0.983. The van der Waals surface area contributed by atoms with E-state index in [0.29, 0.717) is 0 Å². The highest BCUT2D eigenvalue weighted by Gasteiger charge is 1.98. The third-order valence-corrected chi connectivity index (χ3v) is 3.58. The molecule has 3 N–H and O–H groups in total. The number of nitrogens with one attached hydrogen (secondary N) is 1. The second kappa shape index (κ2) is 8.06. The van der Waals surface area contributed by atoms with Crippen LogP contribution in [0.4, 0.5) is 0 Å². The molecule has 124 valence electrons. The molecule has 2 rings (SSSR count). The number of aryl methyl sites for hydroxylation is 2. The van der Waals surface area contributed by atoms with E-state index in [1.54, 1.807) is 0 Å². The summed E-state index contributed by atoms with van der Waals surface area (Å²) in [6, 6.07) is 16.2.